The number of ketones is 1. The molecule has 0 fully saturated rings. The summed E-state index contributed by atoms with van der Waals surface area (Å²) in [6.45, 7) is 1.29. The number of hydrogen-bond donors (Lipinski definition) is 0. The van der Waals surface area contributed by atoms with Crippen LogP contribution in [0.25, 0.3) is 0 Å². The molecule has 0 atom stereocenters. The first kappa shape index (κ1) is 6.74. The molecule has 0 spiro atoms. The van der Waals surface area contributed by atoms with Crippen LogP contribution in [-0.2, 0) is 14.3 Å². The molecule has 3 heteroatoms. The van der Waals surface area contributed by atoms with Gasteiger partial charge in [-0.15, -0.1) is 0 Å². The summed E-state index contributed by atoms with van der Waals surface area (Å²) < 4.78 is 4.60. The first-order chi connectivity index (χ1) is 4.68. The normalized spacial score (nSPS) is 15.3. The lowest BCUT2D eigenvalue weighted by Crippen LogP contribution is -1.95. The zero-order valence-corrected chi connectivity index (χ0v) is 5.46. The van der Waals surface area contributed by atoms with Crippen LogP contribution in [0.2, 0.25) is 0 Å². The van der Waals surface area contributed by atoms with Gasteiger partial charge in [0.05, 0.1) is 0 Å². The van der Waals surface area contributed by atoms with Crippen molar-refractivity contribution in [3.8, 4) is 0 Å². The summed E-state index contributed by atoms with van der Waals surface area (Å²) in [6, 6.07) is 0. The Morgan fingerprint density at radius 3 is 2.60 bits per heavy atom. The van der Waals surface area contributed by atoms with Crippen molar-refractivity contribution in [1.29, 1.82) is 0 Å². The van der Waals surface area contributed by atoms with E-state index in [4.69, 9.17) is 0 Å². The van der Waals surface area contributed by atoms with E-state index >= 15 is 0 Å². The largest absolute Gasteiger partial charge is 0.427 e. The summed E-state index contributed by atoms with van der Waals surface area (Å²) in [4.78, 5) is 20.8. The van der Waals surface area contributed by atoms with Gasteiger partial charge in [-0.05, 0) is 12.2 Å². The maximum Gasteiger partial charge on any atom is 0.308 e. The quantitative estimate of drug-likeness (QED) is 0.497. The van der Waals surface area contributed by atoms with Gasteiger partial charge in [-0.3, -0.25) is 9.59 Å². The number of esters is 1. The molecule has 1 aliphatic rings. The van der Waals surface area contributed by atoms with E-state index in [0.29, 0.717) is 5.76 Å². The van der Waals surface area contributed by atoms with Gasteiger partial charge in [0.25, 0.3) is 0 Å². The molecule has 0 saturated heterocycles. The van der Waals surface area contributed by atoms with Gasteiger partial charge < -0.3 is 4.74 Å². The third kappa shape index (κ3) is 1.55. The predicted octanol–water partition coefficient (Wildman–Crippen LogP) is 0.572. The van der Waals surface area contributed by atoms with Gasteiger partial charge in [0, 0.05) is 13.0 Å². The summed E-state index contributed by atoms with van der Waals surface area (Å²) in [7, 11) is 0. The highest BCUT2D eigenvalue weighted by molar-refractivity contribution is 6.03. The van der Waals surface area contributed by atoms with Gasteiger partial charge in [0.1, 0.15) is 5.76 Å². The highest BCUT2D eigenvalue weighted by Gasteiger charge is 2.06. The van der Waals surface area contributed by atoms with Crippen molar-refractivity contribution in [3.63, 3.8) is 0 Å². The summed E-state index contributed by atoms with van der Waals surface area (Å²) in [5.41, 5.74) is 0. The molecule has 0 aromatic carbocycles. The Kier molecular flexibility index (Phi) is 1.67. The zero-order valence-electron chi connectivity index (χ0n) is 5.46. The molecule has 0 saturated carbocycles. The highest BCUT2D eigenvalue weighted by Crippen LogP contribution is 2.06. The van der Waals surface area contributed by atoms with Gasteiger partial charge in [-0.25, -0.2) is 0 Å². The van der Waals surface area contributed by atoms with Crippen molar-refractivity contribution in [2.24, 2.45) is 0 Å². The van der Waals surface area contributed by atoms with Crippen LogP contribution in [0, 0.1) is 0 Å². The lowest BCUT2D eigenvalue weighted by atomic mass is 10.4. The van der Waals surface area contributed by atoms with E-state index in [2.05, 4.69) is 4.74 Å². The SMILES string of the molecule is CC(=O)OC1=CC(=O)C=C1. The molecule has 0 aliphatic heterocycles. The Balaban J connectivity index is 2.60. The van der Waals surface area contributed by atoms with Crippen molar-refractivity contribution in [2.45, 2.75) is 6.92 Å². The molecule has 3 nitrogen and oxygen atoms in total. The van der Waals surface area contributed by atoms with Crippen LogP contribution in [-0.4, -0.2) is 11.8 Å². The molecule has 0 aromatic rings. The van der Waals surface area contributed by atoms with Crippen LogP contribution >= 0.6 is 0 Å². The van der Waals surface area contributed by atoms with Crippen LogP contribution in [0.15, 0.2) is 24.0 Å². The Morgan fingerprint density at radius 1 is 1.50 bits per heavy atom. The zero-order chi connectivity index (χ0) is 7.56. The van der Waals surface area contributed by atoms with E-state index in [1.54, 1.807) is 0 Å². The van der Waals surface area contributed by atoms with Gasteiger partial charge >= 0.3 is 5.97 Å². The molecular weight excluding hydrogens is 132 g/mol. The van der Waals surface area contributed by atoms with Crippen LogP contribution in [0.1, 0.15) is 6.92 Å². The minimum absolute atomic E-state index is 0.142. The fourth-order valence-electron chi connectivity index (χ4n) is 0.630. The Bertz CT molecular complexity index is 235. The van der Waals surface area contributed by atoms with E-state index in [1.165, 1.54) is 25.2 Å². The molecule has 1 rings (SSSR count). The van der Waals surface area contributed by atoms with E-state index in [1.807, 2.05) is 0 Å². The fourth-order valence-corrected chi connectivity index (χ4v) is 0.630. The number of carbonyl (C=O) groups is 2. The number of hydrogen-bond acceptors (Lipinski definition) is 3. The molecular formula is C7H6O3. The van der Waals surface area contributed by atoms with Gasteiger partial charge in [0.2, 0.25) is 0 Å². The van der Waals surface area contributed by atoms with Crippen molar-refractivity contribution < 1.29 is 14.3 Å². The monoisotopic (exact) mass is 138 g/mol. The van der Waals surface area contributed by atoms with Crippen LogP contribution < -0.4 is 0 Å². The minimum Gasteiger partial charge on any atom is -0.427 e. The maximum atomic E-state index is 10.5. The smallest absolute Gasteiger partial charge is 0.308 e. The molecule has 52 valence electrons. The van der Waals surface area contributed by atoms with Gasteiger partial charge in [-0.1, -0.05) is 0 Å². The summed E-state index contributed by atoms with van der Waals surface area (Å²) in [6.07, 6.45) is 4.07. The second-order valence-corrected chi connectivity index (χ2v) is 1.88. The molecule has 0 aromatic heterocycles. The second-order valence-electron chi connectivity index (χ2n) is 1.88. The second kappa shape index (κ2) is 2.47. The molecule has 0 N–H and O–H groups in total. The number of rotatable bonds is 1. The first-order valence-electron chi connectivity index (χ1n) is 2.80. The lowest BCUT2D eigenvalue weighted by Gasteiger charge is -1.94. The third-order valence-corrected chi connectivity index (χ3v) is 0.958. The van der Waals surface area contributed by atoms with E-state index in [0.717, 1.165) is 0 Å². The molecule has 1 aliphatic carbocycles. The lowest BCUT2D eigenvalue weighted by molar-refractivity contribution is -0.136. The topological polar surface area (TPSA) is 43.4 Å². The van der Waals surface area contributed by atoms with Crippen LogP contribution in [0.3, 0.4) is 0 Å². The molecule has 0 bridgehead atoms. The Hall–Kier alpha value is -1.38. The standard InChI is InChI=1S/C7H6O3/c1-5(8)10-7-3-2-6(9)4-7/h2-4H,1H3. The highest BCUT2D eigenvalue weighted by atomic mass is 16.5. The molecule has 0 unspecified atom stereocenters. The molecule has 10 heavy (non-hydrogen) atoms. The maximum absolute atomic E-state index is 10.5. The molecule has 0 amide bonds. The summed E-state index contributed by atoms with van der Waals surface area (Å²) >= 11 is 0. The fraction of sp³-hybridized carbons (Fsp3) is 0.143. The van der Waals surface area contributed by atoms with Crippen molar-refractivity contribution in [1.82, 2.24) is 0 Å². The first-order valence-corrected chi connectivity index (χ1v) is 2.80. The van der Waals surface area contributed by atoms with Gasteiger partial charge in [-0.2, -0.15) is 0 Å². The minimum atomic E-state index is -0.411. The van der Waals surface area contributed by atoms with Crippen LogP contribution in [0.4, 0.5) is 0 Å². The van der Waals surface area contributed by atoms with Crippen molar-refractivity contribution in [2.75, 3.05) is 0 Å². The number of ether oxygens (including phenoxy) is 1. The van der Waals surface area contributed by atoms with Crippen LogP contribution in [0.5, 0.6) is 0 Å². The van der Waals surface area contributed by atoms with Crippen molar-refractivity contribution in [3.05, 3.63) is 24.0 Å². The third-order valence-electron chi connectivity index (χ3n) is 0.958. The number of carbonyl (C=O) groups excluding carboxylic acids is 2. The molecule has 0 radical (unpaired) electrons. The van der Waals surface area contributed by atoms with E-state index in [9.17, 15) is 9.59 Å². The van der Waals surface area contributed by atoms with Gasteiger partial charge in [0.15, 0.2) is 5.78 Å². The summed E-state index contributed by atoms with van der Waals surface area (Å²) in [5, 5.41) is 0. The van der Waals surface area contributed by atoms with E-state index in [-0.39, 0.29) is 5.78 Å². The van der Waals surface area contributed by atoms with E-state index < -0.39 is 5.97 Å². The number of allylic oxidation sites excluding steroid dienone is 3. The Morgan fingerprint density at radius 2 is 2.20 bits per heavy atom. The van der Waals surface area contributed by atoms with Crippen molar-refractivity contribution >= 4 is 11.8 Å². The average molecular weight is 138 g/mol. The molecule has 0 heterocycles. The Labute approximate surface area is 58.0 Å². The predicted molar refractivity (Wildman–Crippen MR) is 34.0 cm³/mol. The average Bonchev–Trinajstić information content (AvgIpc) is 2.13. The summed E-state index contributed by atoms with van der Waals surface area (Å²) in [5.74, 6) is -0.237.